The average Bonchev–Trinajstić information content (AvgIpc) is 2.39. The first kappa shape index (κ1) is 14.2. The average molecular weight is 251 g/mol. The number of carbonyl (C=O) groups is 2. The highest BCUT2D eigenvalue weighted by Crippen LogP contribution is 2.02. The summed E-state index contributed by atoms with van der Waals surface area (Å²) >= 11 is 0. The first-order valence-electron chi connectivity index (χ1n) is 5.79. The van der Waals surface area contributed by atoms with Gasteiger partial charge in [0.2, 0.25) is 0 Å². The number of amides is 1. The molecule has 1 atom stereocenters. The van der Waals surface area contributed by atoms with E-state index in [-0.39, 0.29) is 13.2 Å². The highest BCUT2D eigenvalue weighted by molar-refractivity contribution is 6.32. The van der Waals surface area contributed by atoms with Crippen molar-refractivity contribution >= 4 is 11.9 Å². The normalized spacial score (nSPS) is 11.7. The van der Waals surface area contributed by atoms with Gasteiger partial charge in [0.15, 0.2) is 0 Å². The summed E-state index contributed by atoms with van der Waals surface area (Å²) in [6.45, 7) is 1.54. The van der Waals surface area contributed by atoms with E-state index in [9.17, 15) is 14.7 Å². The second-order valence-electron chi connectivity index (χ2n) is 3.76. The van der Waals surface area contributed by atoms with Gasteiger partial charge >= 0.3 is 11.9 Å². The zero-order valence-corrected chi connectivity index (χ0v) is 10.3. The van der Waals surface area contributed by atoms with Crippen molar-refractivity contribution in [2.45, 2.75) is 19.4 Å². The fourth-order valence-electron chi connectivity index (χ4n) is 1.50. The third-order valence-corrected chi connectivity index (χ3v) is 2.34. The number of esters is 1. The minimum atomic E-state index is -0.927. The maximum Gasteiger partial charge on any atom is 0.396 e. The van der Waals surface area contributed by atoms with E-state index in [0.29, 0.717) is 6.42 Å². The molecule has 0 fully saturated rings. The Labute approximate surface area is 106 Å². The predicted octanol–water partition coefficient (Wildman–Crippen LogP) is 0.269. The SMILES string of the molecule is CCOC(=O)C(=O)NC(CO)Cc1ccccc1. The minimum absolute atomic E-state index is 0.148. The van der Waals surface area contributed by atoms with Crippen molar-refractivity contribution in [3.63, 3.8) is 0 Å². The molecule has 0 aliphatic heterocycles. The molecule has 18 heavy (non-hydrogen) atoms. The molecule has 0 saturated heterocycles. The number of benzene rings is 1. The van der Waals surface area contributed by atoms with E-state index >= 15 is 0 Å². The zero-order chi connectivity index (χ0) is 13.4. The maximum atomic E-state index is 11.4. The highest BCUT2D eigenvalue weighted by atomic mass is 16.5. The monoisotopic (exact) mass is 251 g/mol. The molecule has 1 aromatic carbocycles. The number of aliphatic hydroxyl groups is 1. The first-order chi connectivity index (χ1) is 8.67. The highest BCUT2D eigenvalue weighted by Gasteiger charge is 2.19. The number of aliphatic hydroxyl groups excluding tert-OH is 1. The van der Waals surface area contributed by atoms with E-state index in [4.69, 9.17) is 0 Å². The molecule has 1 aromatic rings. The maximum absolute atomic E-state index is 11.4. The second kappa shape index (κ2) is 7.45. The summed E-state index contributed by atoms with van der Waals surface area (Å²) in [5.41, 5.74) is 0.973. The molecule has 5 heteroatoms. The molecule has 0 spiro atoms. The minimum Gasteiger partial charge on any atom is -0.459 e. The van der Waals surface area contributed by atoms with Crippen LogP contribution < -0.4 is 5.32 Å². The lowest BCUT2D eigenvalue weighted by molar-refractivity contribution is -0.155. The van der Waals surface area contributed by atoms with E-state index in [1.165, 1.54) is 0 Å². The Hall–Kier alpha value is -1.88. The van der Waals surface area contributed by atoms with Crippen LogP contribution in [0.3, 0.4) is 0 Å². The van der Waals surface area contributed by atoms with Gasteiger partial charge in [-0.1, -0.05) is 30.3 Å². The lowest BCUT2D eigenvalue weighted by Gasteiger charge is -2.15. The van der Waals surface area contributed by atoms with Crippen molar-refractivity contribution in [3.05, 3.63) is 35.9 Å². The molecule has 5 nitrogen and oxygen atoms in total. The molecule has 0 heterocycles. The van der Waals surface area contributed by atoms with Gasteiger partial charge in [0.25, 0.3) is 0 Å². The van der Waals surface area contributed by atoms with Crippen molar-refractivity contribution in [1.29, 1.82) is 0 Å². The summed E-state index contributed by atoms with van der Waals surface area (Å²) in [5.74, 6) is -1.75. The topological polar surface area (TPSA) is 75.6 Å². The van der Waals surface area contributed by atoms with E-state index in [0.717, 1.165) is 5.56 Å². The summed E-state index contributed by atoms with van der Waals surface area (Å²) in [6, 6.07) is 8.91. The second-order valence-corrected chi connectivity index (χ2v) is 3.76. The third-order valence-electron chi connectivity index (χ3n) is 2.34. The summed E-state index contributed by atoms with van der Waals surface area (Å²) in [5, 5.41) is 11.6. The van der Waals surface area contributed by atoms with Crippen LogP contribution in [-0.2, 0) is 20.7 Å². The van der Waals surface area contributed by atoms with Crippen LogP contribution in [0.25, 0.3) is 0 Å². The molecule has 1 unspecified atom stereocenters. The molecular formula is C13H17NO4. The number of rotatable bonds is 5. The Morgan fingerprint density at radius 2 is 2.00 bits per heavy atom. The van der Waals surface area contributed by atoms with Gasteiger partial charge in [-0.2, -0.15) is 0 Å². The molecule has 0 radical (unpaired) electrons. The third kappa shape index (κ3) is 4.55. The van der Waals surface area contributed by atoms with Gasteiger partial charge in [0, 0.05) is 0 Å². The summed E-state index contributed by atoms with van der Waals surface area (Å²) in [4.78, 5) is 22.5. The zero-order valence-electron chi connectivity index (χ0n) is 10.3. The van der Waals surface area contributed by atoms with Gasteiger partial charge in [-0.3, -0.25) is 4.79 Å². The van der Waals surface area contributed by atoms with Crippen molar-refractivity contribution in [1.82, 2.24) is 5.32 Å². The van der Waals surface area contributed by atoms with Crippen LogP contribution in [0.5, 0.6) is 0 Å². The van der Waals surface area contributed by atoms with E-state index < -0.39 is 17.9 Å². The number of carbonyl (C=O) groups excluding carboxylic acids is 2. The molecule has 0 bridgehead atoms. The molecular weight excluding hydrogens is 234 g/mol. The predicted molar refractivity (Wildman–Crippen MR) is 65.8 cm³/mol. The standard InChI is InChI=1S/C13H17NO4/c1-2-18-13(17)12(16)14-11(9-15)8-10-6-4-3-5-7-10/h3-7,11,15H,2,8-9H2,1H3,(H,14,16). The first-order valence-corrected chi connectivity index (χ1v) is 5.79. The molecule has 1 amide bonds. The van der Waals surface area contributed by atoms with Crippen molar-refractivity contribution in [2.24, 2.45) is 0 Å². The van der Waals surface area contributed by atoms with Crippen molar-refractivity contribution < 1.29 is 19.4 Å². The van der Waals surface area contributed by atoms with Gasteiger partial charge in [-0.15, -0.1) is 0 Å². The number of hydrogen-bond acceptors (Lipinski definition) is 4. The quantitative estimate of drug-likeness (QED) is 0.582. The van der Waals surface area contributed by atoms with Crippen LogP contribution in [-0.4, -0.2) is 36.2 Å². The van der Waals surface area contributed by atoms with E-state index in [1.807, 2.05) is 30.3 Å². The molecule has 0 aromatic heterocycles. The Bertz CT molecular complexity index is 391. The smallest absolute Gasteiger partial charge is 0.396 e. The van der Waals surface area contributed by atoms with Gasteiger partial charge in [-0.25, -0.2) is 4.79 Å². The Morgan fingerprint density at radius 1 is 1.33 bits per heavy atom. The van der Waals surface area contributed by atoms with Crippen molar-refractivity contribution in [2.75, 3.05) is 13.2 Å². The van der Waals surface area contributed by atoms with Gasteiger partial charge in [0.05, 0.1) is 19.3 Å². The molecule has 98 valence electrons. The largest absolute Gasteiger partial charge is 0.459 e. The van der Waals surface area contributed by atoms with Crippen LogP contribution in [0.4, 0.5) is 0 Å². The lowest BCUT2D eigenvalue weighted by Crippen LogP contribution is -2.43. The van der Waals surface area contributed by atoms with Crippen molar-refractivity contribution in [3.8, 4) is 0 Å². The van der Waals surface area contributed by atoms with Gasteiger partial charge < -0.3 is 15.2 Å². The molecule has 2 N–H and O–H groups in total. The Kier molecular flexibility index (Phi) is 5.87. The Balaban J connectivity index is 2.52. The molecule has 1 rings (SSSR count). The van der Waals surface area contributed by atoms with Crippen LogP contribution in [0.2, 0.25) is 0 Å². The van der Waals surface area contributed by atoms with E-state index in [2.05, 4.69) is 10.1 Å². The lowest BCUT2D eigenvalue weighted by atomic mass is 10.1. The van der Waals surface area contributed by atoms with Crippen LogP contribution >= 0.6 is 0 Å². The molecule has 0 saturated carbocycles. The van der Waals surface area contributed by atoms with Gasteiger partial charge in [0.1, 0.15) is 0 Å². The summed E-state index contributed by atoms with van der Waals surface area (Å²) < 4.78 is 4.57. The fourth-order valence-corrected chi connectivity index (χ4v) is 1.50. The summed E-state index contributed by atoms with van der Waals surface area (Å²) in [6.07, 6.45) is 0.461. The van der Waals surface area contributed by atoms with Crippen LogP contribution in [0.1, 0.15) is 12.5 Å². The van der Waals surface area contributed by atoms with Crippen LogP contribution in [0.15, 0.2) is 30.3 Å². The molecule has 0 aliphatic rings. The Morgan fingerprint density at radius 3 is 2.56 bits per heavy atom. The van der Waals surface area contributed by atoms with E-state index in [1.54, 1.807) is 6.92 Å². The molecule has 0 aliphatic carbocycles. The number of ether oxygens (including phenoxy) is 1. The number of nitrogens with one attached hydrogen (secondary N) is 1. The van der Waals surface area contributed by atoms with Gasteiger partial charge in [-0.05, 0) is 18.9 Å². The van der Waals surface area contributed by atoms with Crippen LogP contribution in [0, 0.1) is 0 Å². The fraction of sp³-hybridized carbons (Fsp3) is 0.385. The summed E-state index contributed by atoms with van der Waals surface area (Å²) in [7, 11) is 0. The number of hydrogen-bond donors (Lipinski definition) is 2.